The number of carboxylic acids is 1. The van der Waals surface area contributed by atoms with Crippen molar-refractivity contribution in [1.29, 1.82) is 0 Å². The van der Waals surface area contributed by atoms with E-state index in [2.05, 4.69) is 43.3 Å². The number of para-hydroxylation sites is 1. The van der Waals surface area contributed by atoms with Gasteiger partial charge in [0, 0.05) is 0 Å². The molecule has 1 saturated carbocycles. The maximum absolute atomic E-state index is 10.8. The van der Waals surface area contributed by atoms with Gasteiger partial charge in [-0.15, -0.1) is 0 Å². The van der Waals surface area contributed by atoms with Gasteiger partial charge in [0.05, 0.1) is 5.97 Å². The van der Waals surface area contributed by atoms with Crippen LogP contribution in [-0.2, 0) is 17.8 Å². The third kappa shape index (κ3) is 6.10. The quantitative estimate of drug-likeness (QED) is 0.412. The Labute approximate surface area is 206 Å². The molecule has 0 bridgehead atoms. The van der Waals surface area contributed by atoms with Crippen molar-refractivity contribution in [3.05, 3.63) is 107 Å². The van der Waals surface area contributed by atoms with Gasteiger partial charge in [-0.05, 0) is 65.5 Å². The van der Waals surface area contributed by atoms with Gasteiger partial charge in [-0.2, -0.15) is 0 Å². The first-order valence-electron chi connectivity index (χ1n) is 10.3. The average molecular weight is 420 g/mol. The summed E-state index contributed by atoms with van der Waals surface area (Å²) in [6, 6.07) is 24.6. The van der Waals surface area contributed by atoms with Crippen LogP contribution in [0.2, 0.25) is 0 Å². The standard InChI is InChI=1S/C27H26O3.Na/c1-19-8-7-12-22(27(19)30-18-20-9-3-2-4-10-20)16-23-17-25(23)24-13-6-5-11-21(24)14-15-26(28)29;/h2-15,23,25H,16-18H2,1H3,(H,28,29);/q;+1/p-1/b15-14+;. The van der Waals surface area contributed by atoms with Crippen molar-refractivity contribution in [2.45, 2.75) is 32.3 Å². The summed E-state index contributed by atoms with van der Waals surface area (Å²) in [4.78, 5) is 10.8. The molecule has 152 valence electrons. The molecule has 0 aliphatic heterocycles. The Bertz CT molecular complexity index is 1060. The fourth-order valence-corrected chi connectivity index (χ4v) is 4.10. The predicted molar refractivity (Wildman–Crippen MR) is 117 cm³/mol. The van der Waals surface area contributed by atoms with E-state index in [1.807, 2.05) is 36.4 Å². The normalized spacial score (nSPS) is 17.2. The molecule has 2 atom stereocenters. The zero-order valence-corrected chi connectivity index (χ0v) is 20.1. The van der Waals surface area contributed by atoms with E-state index >= 15 is 0 Å². The fraction of sp³-hybridized carbons (Fsp3) is 0.222. The Kier molecular flexibility index (Phi) is 8.14. The van der Waals surface area contributed by atoms with Crippen molar-refractivity contribution < 1.29 is 44.2 Å². The predicted octanol–water partition coefficient (Wildman–Crippen LogP) is 1.69. The van der Waals surface area contributed by atoms with Crippen LogP contribution in [0, 0.1) is 12.8 Å². The molecule has 0 spiro atoms. The summed E-state index contributed by atoms with van der Waals surface area (Å²) in [6.45, 7) is 2.65. The number of ether oxygens (including phenoxy) is 1. The zero-order chi connectivity index (χ0) is 20.9. The molecule has 3 aromatic carbocycles. The SMILES string of the molecule is Cc1cccc(CC2CC2c2ccccc2/C=C/C(=O)[O-])c1OCc1ccccc1.[Na+]. The van der Waals surface area contributed by atoms with Crippen LogP contribution in [0.3, 0.4) is 0 Å². The molecule has 1 fully saturated rings. The summed E-state index contributed by atoms with van der Waals surface area (Å²) in [5, 5.41) is 10.8. The monoisotopic (exact) mass is 420 g/mol. The van der Waals surface area contributed by atoms with Crippen molar-refractivity contribution in [2.75, 3.05) is 0 Å². The molecule has 0 N–H and O–H groups in total. The molecule has 0 aromatic heterocycles. The summed E-state index contributed by atoms with van der Waals surface area (Å²) >= 11 is 0. The number of carbonyl (C=O) groups is 1. The minimum atomic E-state index is -1.17. The zero-order valence-electron chi connectivity index (χ0n) is 18.1. The molecule has 0 amide bonds. The molecule has 0 radical (unpaired) electrons. The molecule has 2 unspecified atom stereocenters. The Morgan fingerprint density at radius 3 is 2.55 bits per heavy atom. The molecular weight excluding hydrogens is 395 g/mol. The maximum Gasteiger partial charge on any atom is 1.00 e. The van der Waals surface area contributed by atoms with Gasteiger partial charge in [-0.1, -0.05) is 78.9 Å². The van der Waals surface area contributed by atoms with Gasteiger partial charge in [-0.25, -0.2) is 0 Å². The van der Waals surface area contributed by atoms with Crippen LogP contribution in [-0.4, -0.2) is 5.97 Å². The number of aliphatic carboxylic acids is 1. The summed E-state index contributed by atoms with van der Waals surface area (Å²) in [5.74, 6) is 0.785. The van der Waals surface area contributed by atoms with Crippen LogP contribution in [0.5, 0.6) is 5.75 Å². The Morgan fingerprint density at radius 2 is 1.77 bits per heavy atom. The molecule has 3 aromatic rings. The van der Waals surface area contributed by atoms with Gasteiger partial charge >= 0.3 is 29.6 Å². The summed E-state index contributed by atoms with van der Waals surface area (Å²) in [7, 11) is 0. The minimum absolute atomic E-state index is 0. The van der Waals surface area contributed by atoms with Crippen LogP contribution in [0.4, 0.5) is 0 Å². The van der Waals surface area contributed by atoms with E-state index in [1.54, 1.807) is 6.08 Å². The van der Waals surface area contributed by atoms with Crippen LogP contribution in [0.1, 0.15) is 40.2 Å². The summed E-state index contributed by atoms with van der Waals surface area (Å²) < 4.78 is 6.23. The number of carbonyl (C=O) groups excluding carboxylic acids is 1. The van der Waals surface area contributed by atoms with Crippen LogP contribution < -0.4 is 39.4 Å². The molecular formula is C27H25NaO3. The number of benzene rings is 3. The van der Waals surface area contributed by atoms with Gasteiger partial charge in [0.25, 0.3) is 0 Å². The summed E-state index contributed by atoms with van der Waals surface area (Å²) in [6.07, 6.45) is 4.80. The Morgan fingerprint density at radius 1 is 1.03 bits per heavy atom. The van der Waals surface area contributed by atoms with Crippen LogP contribution in [0.15, 0.2) is 78.9 Å². The van der Waals surface area contributed by atoms with E-state index in [0.29, 0.717) is 18.4 Å². The Hall–Kier alpha value is -2.33. The average Bonchev–Trinajstić information content (AvgIpc) is 3.51. The number of hydrogen-bond acceptors (Lipinski definition) is 3. The number of carboxylic acid groups (broad SMARTS) is 1. The van der Waals surface area contributed by atoms with Gasteiger partial charge in [0.15, 0.2) is 0 Å². The van der Waals surface area contributed by atoms with E-state index in [0.717, 1.165) is 41.4 Å². The molecule has 31 heavy (non-hydrogen) atoms. The van der Waals surface area contributed by atoms with E-state index < -0.39 is 5.97 Å². The minimum Gasteiger partial charge on any atom is -0.545 e. The van der Waals surface area contributed by atoms with Gasteiger partial charge in [-0.3, -0.25) is 0 Å². The molecule has 4 rings (SSSR count). The molecule has 0 saturated heterocycles. The first-order valence-corrected chi connectivity index (χ1v) is 10.3. The maximum atomic E-state index is 10.8. The fourth-order valence-electron chi connectivity index (χ4n) is 4.10. The number of hydrogen-bond donors (Lipinski definition) is 0. The van der Waals surface area contributed by atoms with Gasteiger partial charge < -0.3 is 14.6 Å². The number of rotatable bonds is 8. The molecule has 3 nitrogen and oxygen atoms in total. The first-order chi connectivity index (χ1) is 14.6. The van der Waals surface area contributed by atoms with Crippen LogP contribution in [0.25, 0.3) is 6.08 Å². The van der Waals surface area contributed by atoms with E-state index in [9.17, 15) is 9.90 Å². The molecule has 0 heterocycles. The van der Waals surface area contributed by atoms with E-state index in [4.69, 9.17) is 4.74 Å². The first kappa shape index (κ1) is 23.3. The second kappa shape index (κ2) is 10.8. The number of aryl methyl sites for hydroxylation is 1. The van der Waals surface area contributed by atoms with E-state index in [-0.39, 0.29) is 29.6 Å². The van der Waals surface area contributed by atoms with Crippen molar-refractivity contribution >= 4 is 12.0 Å². The van der Waals surface area contributed by atoms with Crippen molar-refractivity contribution in [3.63, 3.8) is 0 Å². The van der Waals surface area contributed by atoms with Crippen LogP contribution >= 0.6 is 0 Å². The third-order valence-electron chi connectivity index (χ3n) is 5.72. The second-order valence-electron chi connectivity index (χ2n) is 7.93. The van der Waals surface area contributed by atoms with Gasteiger partial charge in [0.2, 0.25) is 0 Å². The molecule has 4 heteroatoms. The second-order valence-corrected chi connectivity index (χ2v) is 7.93. The topological polar surface area (TPSA) is 49.4 Å². The van der Waals surface area contributed by atoms with Crippen molar-refractivity contribution in [2.24, 2.45) is 5.92 Å². The smallest absolute Gasteiger partial charge is 0.545 e. The molecule has 1 aliphatic rings. The third-order valence-corrected chi connectivity index (χ3v) is 5.72. The molecule has 1 aliphatic carbocycles. The van der Waals surface area contributed by atoms with Gasteiger partial charge in [0.1, 0.15) is 12.4 Å². The largest absolute Gasteiger partial charge is 1.00 e. The summed E-state index contributed by atoms with van der Waals surface area (Å²) in [5.41, 5.74) is 5.71. The Balaban J connectivity index is 0.00000272. The van der Waals surface area contributed by atoms with Crippen molar-refractivity contribution in [3.8, 4) is 5.75 Å². The van der Waals surface area contributed by atoms with Crippen molar-refractivity contribution in [1.82, 2.24) is 0 Å². The van der Waals surface area contributed by atoms with E-state index in [1.165, 1.54) is 11.1 Å².